The molecule has 0 atom stereocenters. The average molecular weight is 324 g/mol. The molecule has 0 aliphatic heterocycles. The Labute approximate surface area is 139 Å². The van der Waals surface area contributed by atoms with Gasteiger partial charge in [0.15, 0.2) is 0 Å². The number of rotatable bonds is 1. The smallest absolute Gasteiger partial charge is 0.138 e. The summed E-state index contributed by atoms with van der Waals surface area (Å²) >= 11 is 3.58. The summed E-state index contributed by atoms with van der Waals surface area (Å²) in [5, 5.41) is 18.7. The highest BCUT2D eigenvalue weighted by molar-refractivity contribution is 7.23. The van der Waals surface area contributed by atoms with Crippen molar-refractivity contribution in [2.24, 2.45) is 0 Å². The highest BCUT2D eigenvalue weighted by atomic mass is 32.1. The highest BCUT2D eigenvalue weighted by Gasteiger charge is 2.33. The number of nitrogens with zero attached hydrogens (tertiary/aromatic N) is 2. The van der Waals surface area contributed by atoms with Crippen LogP contribution in [-0.4, -0.2) is 0 Å². The van der Waals surface area contributed by atoms with Crippen LogP contribution in [0.25, 0.3) is 15.3 Å². The number of hydrogen-bond donors (Lipinski definition) is 0. The molecule has 0 bridgehead atoms. The van der Waals surface area contributed by atoms with Crippen molar-refractivity contribution in [2.45, 2.75) is 39.5 Å². The van der Waals surface area contributed by atoms with Crippen LogP contribution in [0.5, 0.6) is 0 Å². The molecule has 0 saturated heterocycles. The fraction of sp³-hybridized carbons (Fsp3) is 0.333. The lowest BCUT2D eigenvalue weighted by Gasteiger charge is -2.15. The second kappa shape index (κ2) is 5.09. The van der Waals surface area contributed by atoms with Crippen molar-refractivity contribution >= 4 is 28.2 Å². The molecule has 2 aromatic rings. The number of aryl methyl sites for hydroxylation is 1. The van der Waals surface area contributed by atoms with E-state index in [1.807, 2.05) is 0 Å². The Kier molecular flexibility index (Phi) is 3.48. The van der Waals surface area contributed by atoms with E-state index in [2.05, 4.69) is 52.0 Å². The van der Waals surface area contributed by atoms with Gasteiger partial charge in [-0.25, -0.2) is 0 Å². The van der Waals surface area contributed by atoms with E-state index in [0.717, 1.165) is 23.1 Å². The van der Waals surface area contributed by atoms with Gasteiger partial charge in [0.2, 0.25) is 0 Å². The Morgan fingerprint density at radius 2 is 1.64 bits per heavy atom. The molecule has 3 rings (SSSR count). The molecule has 0 aromatic carbocycles. The fourth-order valence-electron chi connectivity index (χ4n) is 2.64. The average Bonchev–Trinajstić information content (AvgIpc) is 3.11. The molecule has 0 spiro atoms. The number of fused-ring (bicyclic) bond motifs is 3. The number of thiophene rings is 2. The molecule has 0 amide bonds. The summed E-state index contributed by atoms with van der Waals surface area (Å²) < 4.78 is 0. The first-order valence-corrected chi connectivity index (χ1v) is 8.86. The maximum Gasteiger partial charge on any atom is 0.138 e. The van der Waals surface area contributed by atoms with Gasteiger partial charge < -0.3 is 0 Å². The van der Waals surface area contributed by atoms with Crippen molar-refractivity contribution in [3.63, 3.8) is 0 Å². The van der Waals surface area contributed by atoms with E-state index >= 15 is 0 Å². The van der Waals surface area contributed by atoms with Crippen LogP contribution in [0.4, 0.5) is 0 Å². The Bertz CT molecular complexity index is 858. The van der Waals surface area contributed by atoms with E-state index in [0.29, 0.717) is 0 Å². The standard InChI is InChI=1S/C18H16N2S2/c1-5-11-6-12-15(10(8-19)9-20)13-7-14(18(2,3)4)22-17(13)16(12)21-11/h6-7H,5H2,1-4H3. The van der Waals surface area contributed by atoms with Gasteiger partial charge in [-0.15, -0.1) is 22.7 Å². The van der Waals surface area contributed by atoms with Crippen molar-refractivity contribution in [3.8, 4) is 21.9 Å². The molecule has 110 valence electrons. The van der Waals surface area contributed by atoms with Gasteiger partial charge in [-0.05, 0) is 24.0 Å². The molecule has 4 heteroatoms. The number of allylic oxidation sites excluding steroid dienone is 1. The van der Waals surface area contributed by atoms with Crippen molar-refractivity contribution in [3.05, 3.63) is 38.6 Å². The zero-order valence-corrected chi connectivity index (χ0v) is 14.7. The quantitative estimate of drug-likeness (QED) is 0.555. The van der Waals surface area contributed by atoms with Crippen molar-refractivity contribution < 1.29 is 0 Å². The Morgan fingerprint density at radius 1 is 1.05 bits per heavy atom. The predicted octanol–water partition coefficient (Wildman–Crippen LogP) is 5.50. The first-order valence-electron chi connectivity index (χ1n) is 7.23. The van der Waals surface area contributed by atoms with E-state index in [4.69, 9.17) is 0 Å². The van der Waals surface area contributed by atoms with Gasteiger partial charge in [0.25, 0.3) is 0 Å². The summed E-state index contributed by atoms with van der Waals surface area (Å²) in [4.78, 5) is 5.05. The summed E-state index contributed by atoms with van der Waals surface area (Å²) in [5.74, 6) is 0. The molecule has 1 aliphatic rings. The zero-order valence-electron chi connectivity index (χ0n) is 13.1. The van der Waals surface area contributed by atoms with E-state index in [-0.39, 0.29) is 11.0 Å². The van der Waals surface area contributed by atoms with Crippen LogP contribution in [0.3, 0.4) is 0 Å². The monoisotopic (exact) mass is 324 g/mol. The topological polar surface area (TPSA) is 47.6 Å². The van der Waals surface area contributed by atoms with E-state index < -0.39 is 0 Å². The molecule has 0 N–H and O–H groups in total. The molecule has 2 heterocycles. The third-order valence-electron chi connectivity index (χ3n) is 3.82. The normalized spacial score (nSPS) is 12.5. The van der Waals surface area contributed by atoms with Crippen LogP contribution in [0.1, 0.15) is 48.6 Å². The van der Waals surface area contributed by atoms with Gasteiger partial charge >= 0.3 is 0 Å². The summed E-state index contributed by atoms with van der Waals surface area (Å²) in [6, 6.07) is 8.47. The molecule has 0 fully saturated rings. The lowest BCUT2D eigenvalue weighted by molar-refractivity contribution is 0.604. The van der Waals surface area contributed by atoms with Gasteiger partial charge in [0.05, 0.1) is 9.75 Å². The largest absolute Gasteiger partial charge is 0.192 e. The first kappa shape index (κ1) is 15.0. The van der Waals surface area contributed by atoms with Crippen LogP contribution in [0.2, 0.25) is 0 Å². The minimum absolute atomic E-state index is 0.0740. The Hall–Kier alpha value is -1.88. The SMILES string of the molecule is CCc1cc2c(s1)-c1sc(C(C)(C)C)cc1C2=C(C#N)C#N. The summed E-state index contributed by atoms with van der Waals surface area (Å²) in [5.41, 5.74) is 3.26. The third kappa shape index (κ3) is 2.11. The van der Waals surface area contributed by atoms with Gasteiger partial charge in [-0.3, -0.25) is 0 Å². The van der Waals surface area contributed by atoms with Crippen molar-refractivity contribution in [1.29, 1.82) is 10.5 Å². The predicted molar refractivity (Wildman–Crippen MR) is 93.0 cm³/mol. The van der Waals surface area contributed by atoms with Crippen molar-refractivity contribution in [2.75, 3.05) is 0 Å². The Balaban J connectivity index is 2.34. The van der Waals surface area contributed by atoms with E-state index in [1.165, 1.54) is 19.5 Å². The molecule has 0 unspecified atom stereocenters. The third-order valence-corrected chi connectivity index (χ3v) is 6.83. The molecule has 0 radical (unpaired) electrons. The molecular weight excluding hydrogens is 308 g/mol. The molecule has 2 aromatic heterocycles. The minimum atomic E-state index is 0.0740. The second-order valence-corrected chi connectivity index (χ2v) is 8.58. The maximum absolute atomic E-state index is 9.34. The number of nitriles is 2. The summed E-state index contributed by atoms with van der Waals surface area (Å²) in [7, 11) is 0. The maximum atomic E-state index is 9.34. The minimum Gasteiger partial charge on any atom is -0.192 e. The van der Waals surface area contributed by atoms with Crippen LogP contribution >= 0.6 is 22.7 Å². The van der Waals surface area contributed by atoms with E-state index in [9.17, 15) is 10.5 Å². The summed E-state index contributed by atoms with van der Waals surface area (Å²) in [6.45, 7) is 8.72. The Morgan fingerprint density at radius 3 is 2.18 bits per heavy atom. The lowest BCUT2D eigenvalue weighted by Crippen LogP contribution is -2.08. The fourth-order valence-corrected chi connectivity index (χ4v) is 5.12. The zero-order chi connectivity index (χ0) is 16.1. The van der Waals surface area contributed by atoms with E-state index in [1.54, 1.807) is 22.7 Å². The molecule has 22 heavy (non-hydrogen) atoms. The van der Waals surface area contributed by atoms with Crippen LogP contribution in [-0.2, 0) is 11.8 Å². The molecule has 2 nitrogen and oxygen atoms in total. The second-order valence-electron chi connectivity index (χ2n) is 6.39. The van der Waals surface area contributed by atoms with Gasteiger partial charge in [0.1, 0.15) is 17.7 Å². The van der Waals surface area contributed by atoms with Crippen LogP contribution in [0, 0.1) is 22.7 Å². The first-order chi connectivity index (χ1) is 10.4. The van der Waals surface area contributed by atoms with Crippen LogP contribution in [0.15, 0.2) is 17.7 Å². The van der Waals surface area contributed by atoms with Gasteiger partial charge in [-0.2, -0.15) is 10.5 Å². The molecule has 1 aliphatic carbocycles. The number of hydrogen-bond acceptors (Lipinski definition) is 4. The van der Waals surface area contributed by atoms with Gasteiger partial charge in [0, 0.05) is 26.5 Å². The van der Waals surface area contributed by atoms with Crippen LogP contribution < -0.4 is 0 Å². The van der Waals surface area contributed by atoms with Gasteiger partial charge in [-0.1, -0.05) is 27.7 Å². The molecule has 0 saturated carbocycles. The van der Waals surface area contributed by atoms with Crippen molar-refractivity contribution in [1.82, 2.24) is 0 Å². The highest BCUT2D eigenvalue weighted by Crippen LogP contribution is 2.54. The molecular formula is C18H16N2S2. The summed E-state index contributed by atoms with van der Waals surface area (Å²) in [6.07, 6.45) is 0.978. The lowest BCUT2D eigenvalue weighted by atomic mass is 9.92.